The van der Waals surface area contributed by atoms with Crippen molar-refractivity contribution < 1.29 is 0 Å². The Hall–Kier alpha value is 0.180. The molecule has 2 heteroatoms. The number of alkyl halides is 1. The van der Waals surface area contributed by atoms with Gasteiger partial charge in [0.1, 0.15) is 0 Å². The zero-order valence-electron chi connectivity index (χ0n) is 8.35. The van der Waals surface area contributed by atoms with Crippen LogP contribution >= 0.6 is 27.3 Å². The van der Waals surface area contributed by atoms with Crippen LogP contribution in [0.5, 0.6) is 0 Å². The third kappa shape index (κ3) is 4.28. The van der Waals surface area contributed by atoms with E-state index in [4.69, 9.17) is 0 Å². The maximum absolute atomic E-state index is 3.57. The molecule has 13 heavy (non-hydrogen) atoms. The number of aryl methyl sites for hydroxylation is 2. The summed E-state index contributed by atoms with van der Waals surface area (Å²) in [7, 11) is 0. The van der Waals surface area contributed by atoms with Crippen molar-refractivity contribution in [1.29, 1.82) is 0 Å². The molecule has 0 saturated carbocycles. The monoisotopic (exact) mass is 260 g/mol. The van der Waals surface area contributed by atoms with Crippen LogP contribution in [0.1, 0.15) is 36.4 Å². The molecule has 0 aliphatic rings. The Morgan fingerprint density at radius 2 is 2.08 bits per heavy atom. The highest BCUT2D eigenvalue weighted by atomic mass is 79.9. The van der Waals surface area contributed by atoms with Gasteiger partial charge in [-0.3, -0.25) is 0 Å². The maximum atomic E-state index is 3.57. The molecule has 0 radical (unpaired) electrons. The summed E-state index contributed by atoms with van der Waals surface area (Å²) in [5.74, 6) is 0. The Labute approximate surface area is 93.5 Å². The second-order valence-corrected chi connectivity index (χ2v) is 6.21. The van der Waals surface area contributed by atoms with Crippen LogP contribution in [0, 0.1) is 0 Å². The van der Waals surface area contributed by atoms with Crippen molar-refractivity contribution in [3.05, 3.63) is 21.9 Å². The summed E-state index contributed by atoms with van der Waals surface area (Å²) >= 11 is 5.54. The fourth-order valence-corrected chi connectivity index (χ4v) is 2.63. The minimum atomic E-state index is 0.665. The molecule has 0 nitrogen and oxygen atoms in total. The molecule has 1 aromatic rings. The lowest BCUT2D eigenvalue weighted by molar-refractivity contribution is 0.742. The first-order chi connectivity index (χ1) is 6.22. The van der Waals surface area contributed by atoms with Crippen LogP contribution in [0.4, 0.5) is 0 Å². The summed E-state index contributed by atoms with van der Waals surface area (Å²) in [4.78, 5) is 3.73. The van der Waals surface area contributed by atoms with Gasteiger partial charge in [-0.2, -0.15) is 0 Å². The van der Waals surface area contributed by atoms with E-state index in [1.807, 2.05) is 11.3 Å². The molecule has 0 bridgehead atoms. The van der Waals surface area contributed by atoms with Crippen LogP contribution in [0.2, 0.25) is 0 Å². The summed E-state index contributed by atoms with van der Waals surface area (Å²) in [5, 5.41) is 0. The van der Waals surface area contributed by atoms with Gasteiger partial charge in [-0.15, -0.1) is 11.3 Å². The van der Waals surface area contributed by atoms with E-state index in [0.29, 0.717) is 4.83 Å². The molecule has 0 amide bonds. The Bertz CT molecular complexity index is 240. The molecule has 0 aliphatic heterocycles. The summed E-state index contributed by atoms with van der Waals surface area (Å²) in [6.45, 7) is 4.43. The zero-order valence-corrected chi connectivity index (χ0v) is 10.7. The Morgan fingerprint density at radius 3 is 2.62 bits per heavy atom. The molecule has 0 spiro atoms. The molecule has 0 N–H and O–H groups in total. The number of hydrogen-bond donors (Lipinski definition) is 0. The summed E-state index contributed by atoms with van der Waals surface area (Å²) < 4.78 is 0. The molecule has 0 aromatic carbocycles. The number of hydrogen-bond acceptors (Lipinski definition) is 1. The lowest BCUT2D eigenvalue weighted by Crippen LogP contribution is -1.90. The number of halogens is 1. The molecule has 1 heterocycles. The number of rotatable bonds is 5. The van der Waals surface area contributed by atoms with E-state index in [1.165, 1.54) is 30.6 Å². The topological polar surface area (TPSA) is 0 Å². The van der Waals surface area contributed by atoms with Crippen LogP contribution < -0.4 is 0 Å². The Morgan fingerprint density at radius 1 is 1.38 bits per heavy atom. The standard InChI is InChI=1S/C11H17BrS/c1-3-10-7-8-11(13-10)6-4-5-9(2)12/h7-9H,3-6H2,1-2H3. The van der Waals surface area contributed by atoms with Crippen LogP contribution in [-0.4, -0.2) is 4.83 Å². The lowest BCUT2D eigenvalue weighted by Gasteiger charge is -2.00. The van der Waals surface area contributed by atoms with Crippen molar-refractivity contribution in [3.63, 3.8) is 0 Å². The predicted octanol–water partition coefficient (Wildman–Crippen LogP) is 4.42. The smallest absolute Gasteiger partial charge is 0.0117 e. The first kappa shape index (κ1) is 11.3. The molecular weight excluding hydrogens is 244 g/mol. The van der Waals surface area contributed by atoms with E-state index in [9.17, 15) is 0 Å². The van der Waals surface area contributed by atoms with Crippen LogP contribution in [0.3, 0.4) is 0 Å². The summed E-state index contributed by atoms with van der Waals surface area (Å²) in [6.07, 6.45) is 5.01. The van der Waals surface area contributed by atoms with Gasteiger partial charge in [0.15, 0.2) is 0 Å². The van der Waals surface area contributed by atoms with E-state index >= 15 is 0 Å². The molecule has 1 aromatic heterocycles. The highest BCUT2D eigenvalue weighted by Gasteiger charge is 2.00. The molecule has 0 saturated heterocycles. The molecule has 1 unspecified atom stereocenters. The summed E-state index contributed by atoms with van der Waals surface area (Å²) in [5.41, 5.74) is 0. The normalized spacial score (nSPS) is 13.2. The first-order valence-corrected chi connectivity index (χ1v) is 6.67. The second-order valence-electron chi connectivity index (χ2n) is 3.39. The minimum absolute atomic E-state index is 0.665. The quantitative estimate of drug-likeness (QED) is 0.688. The van der Waals surface area contributed by atoms with E-state index in [2.05, 4.69) is 41.9 Å². The van der Waals surface area contributed by atoms with Crippen molar-refractivity contribution in [2.45, 2.75) is 44.4 Å². The van der Waals surface area contributed by atoms with Crippen molar-refractivity contribution in [2.24, 2.45) is 0 Å². The van der Waals surface area contributed by atoms with Crippen LogP contribution in [-0.2, 0) is 12.8 Å². The van der Waals surface area contributed by atoms with Gasteiger partial charge >= 0.3 is 0 Å². The molecular formula is C11H17BrS. The van der Waals surface area contributed by atoms with Crippen LogP contribution in [0.25, 0.3) is 0 Å². The van der Waals surface area contributed by atoms with Gasteiger partial charge in [-0.1, -0.05) is 29.8 Å². The van der Waals surface area contributed by atoms with Crippen molar-refractivity contribution in [2.75, 3.05) is 0 Å². The Kier molecular flexibility index (Phi) is 5.04. The highest BCUT2D eigenvalue weighted by Crippen LogP contribution is 2.19. The molecule has 1 atom stereocenters. The van der Waals surface area contributed by atoms with E-state index in [-0.39, 0.29) is 0 Å². The predicted molar refractivity (Wildman–Crippen MR) is 65.0 cm³/mol. The third-order valence-corrected chi connectivity index (χ3v) is 3.84. The van der Waals surface area contributed by atoms with Gasteiger partial charge in [-0.05, 0) is 37.8 Å². The highest BCUT2D eigenvalue weighted by molar-refractivity contribution is 9.09. The van der Waals surface area contributed by atoms with Gasteiger partial charge < -0.3 is 0 Å². The largest absolute Gasteiger partial charge is 0.145 e. The second kappa shape index (κ2) is 5.82. The van der Waals surface area contributed by atoms with Crippen molar-refractivity contribution in [1.82, 2.24) is 0 Å². The van der Waals surface area contributed by atoms with Crippen molar-refractivity contribution in [3.8, 4) is 0 Å². The fourth-order valence-electron chi connectivity index (χ4n) is 1.30. The SMILES string of the molecule is CCc1ccc(CCCC(C)Br)s1. The average Bonchev–Trinajstić information content (AvgIpc) is 2.52. The van der Waals surface area contributed by atoms with Crippen molar-refractivity contribution >= 4 is 27.3 Å². The van der Waals surface area contributed by atoms with Gasteiger partial charge in [0, 0.05) is 14.6 Å². The van der Waals surface area contributed by atoms with Gasteiger partial charge in [-0.25, -0.2) is 0 Å². The minimum Gasteiger partial charge on any atom is -0.145 e. The molecule has 74 valence electrons. The van der Waals surface area contributed by atoms with Crippen LogP contribution in [0.15, 0.2) is 12.1 Å². The molecule has 0 fully saturated rings. The van der Waals surface area contributed by atoms with E-state index in [0.717, 1.165) is 0 Å². The average molecular weight is 261 g/mol. The van der Waals surface area contributed by atoms with E-state index < -0.39 is 0 Å². The third-order valence-electron chi connectivity index (χ3n) is 2.09. The maximum Gasteiger partial charge on any atom is 0.0117 e. The lowest BCUT2D eigenvalue weighted by atomic mass is 10.2. The van der Waals surface area contributed by atoms with Gasteiger partial charge in [0.05, 0.1) is 0 Å². The fraction of sp³-hybridized carbons (Fsp3) is 0.636. The zero-order chi connectivity index (χ0) is 9.68. The molecule has 0 aliphatic carbocycles. The Balaban J connectivity index is 2.28. The number of thiophene rings is 1. The van der Waals surface area contributed by atoms with E-state index in [1.54, 1.807) is 4.88 Å². The first-order valence-electron chi connectivity index (χ1n) is 4.94. The van der Waals surface area contributed by atoms with Gasteiger partial charge in [0.25, 0.3) is 0 Å². The van der Waals surface area contributed by atoms with Gasteiger partial charge in [0.2, 0.25) is 0 Å². The summed E-state index contributed by atoms with van der Waals surface area (Å²) in [6, 6.07) is 4.54. The molecule has 1 rings (SSSR count).